The van der Waals surface area contributed by atoms with Crippen LogP contribution in [0.25, 0.3) is 0 Å². The van der Waals surface area contributed by atoms with E-state index < -0.39 is 0 Å². The lowest BCUT2D eigenvalue weighted by Crippen LogP contribution is -2.32. The van der Waals surface area contributed by atoms with Gasteiger partial charge >= 0.3 is 5.97 Å². The van der Waals surface area contributed by atoms with Gasteiger partial charge in [0, 0.05) is 19.2 Å². The van der Waals surface area contributed by atoms with Gasteiger partial charge in [0.05, 0.1) is 19.3 Å². The lowest BCUT2D eigenvalue weighted by molar-refractivity contribution is -0.140. The molecule has 0 saturated carbocycles. The molecule has 2 aliphatic heterocycles. The topological polar surface area (TPSA) is 42.1 Å². The van der Waals surface area contributed by atoms with Gasteiger partial charge in [0.2, 0.25) is 0 Å². The number of esters is 1. The summed E-state index contributed by atoms with van der Waals surface area (Å²) in [5, 5.41) is 0. The van der Waals surface area contributed by atoms with Crippen molar-refractivity contribution >= 4 is 11.7 Å². The molecule has 1 aromatic carbocycles. The van der Waals surface area contributed by atoms with Crippen LogP contribution in [-0.2, 0) is 20.7 Å². The second kappa shape index (κ2) is 8.03. The zero-order chi connectivity index (χ0) is 15.1. The highest BCUT2D eigenvalue weighted by Gasteiger charge is 2.18. The fourth-order valence-corrected chi connectivity index (χ4v) is 2.45. The lowest BCUT2D eigenvalue weighted by atomic mass is 10.0. The minimum absolute atomic E-state index is 0.203. The first kappa shape index (κ1) is 15.8. The van der Waals surface area contributed by atoms with Crippen molar-refractivity contribution in [2.45, 2.75) is 39.2 Å². The molecule has 1 aromatic rings. The van der Waals surface area contributed by atoms with Gasteiger partial charge in [0.1, 0.15) is 6.61 Å². The van der Waals surface area contributed by atoms with E-state index >= 15 is 0 Å². The summed E-state index contributed by atoms with van der Waals surface area (Å²) in [6.45, 7) is 6.91. The average molecular weight is 291 g/mol. The SMILES string of the molecule is CC(=O)OCCN1CCCc2ccccc21.CCC1CO1. The number of rotatable bonds is 4. The minimum Gasteiger partial charge on any atom is -0.464 e. The Balaban J connectivity index is 0.000000272. The van der Waals surface area contributed by atoms with Gasteiger partial charge in [-0.3, -0.25) is 4.79 Å². The number of aryl methyl sites for hydroxylation is 1. The largest absolute Gasteiger partial charge is 0.464 e. The number of carbonyl (C=O) groups excluding carboxylic acids is 1. The normalized spacial score (nSPS) is 19.1. The van der Waals surface area contributed by atoms with Gasteiger partial charge in [-0.25, -0.2) is 0 Å². The molecule has 0 amide bonds. The summed E-state index contributed by atoms with van der Waals surface area (Å²) < 4.78 is 9.84. The van der Waals surface area contributed by atoms with Crippen LogP contribution in [-0.4, -0.2) is 38.4 Å². The Bertz CT molecular complexity index is 457. The van der Waals surface area contributed by atoms with Crippen molar-refractivity contribution in [1.29, 1.82) is 0 Å². The number of para-hydroxylation sites is 1. The van der Waals surface area contributed by atoms with E-state index in [0.29, 0.717) is 12.7 Å². The predicted octanol–water partition coefficient (Wildman–Crippen LogP) is 2.80. The molecule has 2 heterocycles. The third kappa shape index (κ3) is 5.38. The monoisotopic (exact) mass is 291 g/mol. The molecule has 21 heavy (non-hydrogen) atoms. The summed E-state index contributed by atoms with van der Waals surface area (Å²) in [5.74, 6) is -0.203. The van der Waals surface area contributed by atoms with Crippen molar-refractivity contribution in [3.8, 4) is 0 Å². The fraction of sp³-hybridized carbons (Fsp3) is 0.588. The van der Waals surface area contributed by atoms with Crippen LogP contribution in [0.15, 0.2) is 24.3 Å². The molecule has 0 radical (unpaired) electrons. The highest BCUT2D eigenvalue weighted by molar-refractivity contribution is 5.66. The van der Waals surface area contributed by atoms with Crippen LogP contribution in [0.1, 0.15) is 32.3 Å². The summed E-state index contributed by atoms with van der Waals surface area (Å²) in [6.07, 6.45) is 4.16. The number of hydrogen-bond donors (Lipinski definition) is 0. The average Bonchev–Trinajstić information content (AvgIpc) is 3.32. The van der Waals surface area contributed by atoms with E-state index in [1.807, 2.05) is 0 Å². The Morgan fingerprint density at radius 2 is 2.19 bits per heavy atom. The lowest BCUT2D eigenvalue weighted by Gasteiger charge is -2.30. The first-order chi connectivity index (χ1) is 10.2. The van der Waals surface area contributed by atoms with Gasteiger partial charge in [-0.05, 0) is 30.9 Å². The molecule has 1 atom stereocenters. The number of hydrogen-bond acceptors (Lipinski definition) is 4. The molecule has 1 fully saturated rings. The molecular formula is C17H25NO3. The second-order valence-electron chi connectivity index (χ2n) is 5.42. The summed E-state index contributed by atoms with van der Waals surface area (Å²) in [5.41, 5.74) is 2.69. The number of epoxide rings is 1. The van der Waals surface area contributed by atoms with Crippen LogP contribution >= 0.6 is 0 Å². The highest BCUT2D eigenvalue weighted by atomic mass is 16.6. The molecule has 4 heteroatoms. The standard InChI is InChI=1S/C13H17NO2.C4H8O/c1-11(15)16-10-9-14-8-4-6-12-5-2-3-7-13(12)14;1-2-4-3-5-4/h2-3,5,7H,4,6,8-10H2,1H3;4H,2-3H2,1H3. The van der Waals surface area contributed by atoms with E-state index in [1.54, 1.807) is 0 Å². The Labute approximate surface area is 127 Å². The molecule has 1 saturated heterocycles. The van der Waals surface area contributed by atoms with Gasteiger partial charge in [0.25, 0.3) is 0 Å². The van der Waals surface area contributed by atoms with Gasteiger partial charge in [-0.15, -0.1) is 0 Å². The molecule has 0 aliphatic carbocycles. The van der Waals surface area contributed by atoms with Crippen molar-refractivity contribution in [2.75, 3.05) is 31.2 Å². The molecule has 0 aromatic heterocycles. The predicted molar refractivity (Wildman–Crippen MR) is 83.6 cm³/mol. The number of benzene rings is 1. The summed E-state index contributed by atoms with van der Waals surface area (Å²) >= 11 is 0. The minimum atomic E-state index is -0.203. The van der Waals surface area contributed by atoms with Crippen LogP contribution in [0.2, 0.25) is 0 Å². The van der Waals surface area contributed by atoms with Gasteiger partial charge < -0.3 is 14.4 Å². The van der Waals surface area contributed by atoms with Crippen LogP contribution in [0.3, 0.4) is 0 Å². The number of anilines is 1. The zero-order valence-electron chi connectivity index (χ0n) is 13.0. The maximum absolute atomic E-state index is 10.7. The summed E-state index contributed by atoms with van der Waals surface area (Å²) in [7, 11) is 0. The Hall–Kier alpha value is -1.55. The van der Waals surface area contributed by atoms with Crippen molar-refractivity contribution in [1.82, 2.24) is 0 Å². The van der Waals surface area contributed by atoms with E-state index in [2.05, 4.69) is 36.1 Å². The Morgan fingerprint density at radius 1 is 1.43 bits per heavy atom. The van der Waals surface area contributed by atoms with Gasteiger partial charge in [-0.2, -0.15) is 0 Å². The Kier molecular flexibility index (Phi) is 6.05. The molecule has 1 unspecified atom stereocenters. The molecular weight excluding hydrogens is 266 g/mol. The highest BCUT2D eigenvalue weighted by Crippen LogP contribution is 2.26. The van der Waals surface area contributed by atoms with Crippen LogP contribution < -0.4 is 4.90 Å². The van der Waals surface area contributed by atoms with Crippen molar-refractivity contribution in [2.24, 2.45) is 0 Å². The van der Waals surface area contributed by atoms with Gasteiger partial charge in [-0.1, -0.05) is 25.1 Å². The first-order valence-electron chi connectivity index (χ1n) is 7.78. The molecule has 2 aliphatic rings. The van der Waals surface area contributed by atoms with Crippen molar-refractivity contribution in [3.05, 3.63) is 29.8 Å². The van der Waals surface area contributed by atoms with Crippen LogP contribution in [0.5, 0.6) is 0 Å². The third-order valence-electron chi connectivity index (χ3n) is 3.73. The first-order valence-corrected chi connectivity index (χ1v) is 7.78. The van der Waals surface area contributed by atoms with E-state index in [1.165, 1.54) is 31.0 Å². The van der Waals surface area contributed by atoms with E-state index in [9.17, 15) is 4.79 Å². The maximum Gasteiger partial charge on any atom is 0.302 e. The van der Waals surface area contributed by atoms with E-state index in [-0.39, 0.29) is 5.97 Å². The second-order valence-corrected chi connectivity index (χ2v) is 5.42. The molecule has 3 rings (SSSR count). The molecule has 116 valence electrons. The number of carbonyl (C=O) groups is 1. The van der Waals surface area contributed by atoms with E-state index in [0.717, 1.165) is 26.1 Å². The van der Waals surface area contributed by atoms with Crippen molar-refractivity contribution < 1.29 is 14.3 Å². The maximum atomic E-state index is 10.7. The summed E-state index contributed by atoms with van der Waals surface area (Å²) in [6, 6.07) is 8.45. The number of fused-ring (bicyclic) bond motifs is 1. The molecule has 0 bridgehead atoms. The smallest absolute Gasteiger partial charge is 0.302 e. The number of nitrogens with zero attached hydrogens (tertiary/aromatic N) is 1. The fourth-order valence-electron chi connectivity index (χ4n) is 2.45. The quantitative estimate of drug-likeness (QED) is 0.632. The molecule has 0 spiro atoms. The van der Waals surface area contributed by atoms with Crippen LogP contribution in [0.4, 0.5) is 5.69 Å². The molecule has 0 N–H and O–H groups in total. The van der Waals surface area contributed by atoms with Gasteiger partial charge in [0.15, 0.2) is 0 Å². The van der Waals surface area contributed by atoms with E-state index in [4.69, 9.17) is 9.47 Å². The van der Waals surface area contributed by atoms with Crippen LogP contribution in [0, 0.1) is 0 Å². The number of ether oxygens (including phenoxy) is 2. The Morgan fingerprint density at radius 3 is 2.81 bits per heavy atom. The van der Waals surface area contributed by atoms with Crippen molar-refractivity contribution in [3.63, 3.8) is 0 Å². The zero-order valence-corrected chi connectivity index (χ0v) is 13.0. The molecule has 4 nitrogen and oxygen atoms in total. The summed E-state index contributed by atoms with van der Waals surface area (Å²) in [4.78, 5) is 13.0. The third-order valence-corrected chi connectivity index (χ3v) is 3.73.